The summed E-state index contributed by atoms with van der Waals surface area (Å²) in [6, 6.07) is 4.26. The van der Waals surface area contributed by atoms with Crippen LogP contribution in [0.1, 0.15) is 0 Å². The first-order valence-corrected chi connectivity index (χ1v) is 6.11. The van der Waals surface area contributed by atoms with E-state index >= 15 is 0 Å². The Bertz CT molecular complexity index is 471. The number of fused-ring (bicyclic) bond motifs is 1. The minimum atomic E-state index is 0. The Kier molecular flexibility index (Phi) is 7.90. The van der Waals surface area contributed by atoms with E-state index in [1.807, 2.05) is 6.20 Å². The summed E-state index contributed by atoms with van der Waals surface area (Å²) in [5, 5.41) is 6.79. The molecule has 0 bridgehead atoms. The van der Waals surface area contributed by atoms with E-state index < -0.39 is 0 Å². The lowest BCUT2D eigenvalue weighted by Crippen LogP contribution is -2.43. The van der Waals surface area contributed by atoms with Crippen LogP contribution in [-0.2, 0) is 0 Å². The molecule has 2 aromatic heterocycles. The SMILES string of the molecule is Cl.Cl.Cl.c1cc2sccc2c(N2CCNCC2)n1. The topological polar surface area (TPSA) is 28.2 Å². The van der Waals surface area contributed by atoms with Crippen molar-refractivity contribution in [3.63, 3.8) is 0 Å². The molecule has 3 heterocycles. The van der Waals surface area contributed by atoms with Crippen LogP contribution in [0, 0.1) is 0 Å². The summed E-state index contributed by atoms with van der Waals surface area (Å²) in [5.41, 5.74) is 0. The van der Waals surface area contributed by atoms with Crippen molar-refractivity contribution in [3.8, 4) is 0 Å². The van der Waals surface area contributed by atoms with E-state index in [0.29, 0.717) is 0 Å². The van der Waals surface area contributed by atoms with Gasteiger partial charge in [-0.2, -0.15) is 0 Å². The molecule has 0 unspecified atom stereocenters. The van der Waals surface area contributed by atoms with Crippen molar-refractivity contribution in [1.29, 1.82) is 0 Å². The largest absolute Gasteiger partial charge is 0.354 e. The van der Waals surface area contributed by atoms with Crippen LogP contribution in [0.4, 0.5) is 5.82 Å². The third-order valence-corrected chi connectivity index (χ3v) is 3.66. The molecule has 0 radical (unpaired) electrons. The maximum atomic E-state index is 4.51. The van der Waals surface area contributed by atoms with Crippen LogP contribution in [0.3, 0.4) is 0 Å². The number of hydrogen-bond acceptors (Lipinski definition) is 4. The highest BCUT2D eigenvalue weighted by Crippen LogP contribution is 2.28. The highest BCUT2D eigenvalue weighted by molar-refractivity contribution is 7.17. The van der Waals surface area contributed by atoms with Crippen molar-refractivity contribution in [2.75, 3.05) is 31.1 Å². The summed E-state index contributed by atoms with van der Waals surface area (Å²) in [6.45, 7) is 4.23. The Morgan fingerprint density at radius 3 is 2.56 bits per heavy atom. The van der Waals surface area contributed by atoms with Crippen LogP contribution in [0.15, 0.2) is 23.7 Å². The summed E-state index contributed by atoms with van der Waals surface area (Å²) in [7, 11) is 0. The summed E-state index contributed by atoms with van der Waals surface area (Å²) >= 11 is 1.78. The number of thiophene rings is 1. The predicted molar refractivity (Wildman–Crippen MR) is 86.4 cm³/mol. The Hall–Kier alpha value is -0.260. The molecule has 0 atom stereocenters. The first kappa shape index (κ1) is 17.7. The second kappa shape index (κ2) is 8.02. The lowest BCUT2D eigenvalue weighted by atomic mass is 10.2. The highest BCUT2D eigenvalue weighted by atomic mass is 35.5. The summed E-state index contributed by atoms with van der Waals surface area (Å²) in [5.74, 6) is 1.15. The lowest BCUT2D eigenvalue weighted by Gasteiger charge is -2.28. The van der Waals surface area contributed by atoms with E-state index in [0.717, 1.165) is 32.0 Å². The van der Waals surface area contributed by atoms with Crippen LogP contribution in [-0.4, -0.2) is 31.2 Å². The van der Waals surface area contributed by atoms with Gasteiger partial charge in [-0.25, -0.2) is 4.98 Å². The number of rotatable bonds is 1. The monoisotopic (exact) mass is 327 g/mol. The maximum absolute atomic E-state index is 4.51. The fraction of sp³-hybridized carbons (Fsp3) is 0.364. The van der Waals surface area contributed by atoms with Gasteiger partial charge in [0.15, 0.2) is 0 Å². The fourth-order valence-electron chi connectivity index (χ4n) is 2.01. The zero-order valence-electron chi connectivity index (χ0n) is 9.67. The summed E-state index contributed by atoms with van der Waals surface area (Å²) in [6.07, 6.45) is 1.91. The molecular formula is C11H16Cl3N3S. The summed E-state index contributed by atoms with van der Waals surface area (Å²) < 4.78 is 1.33. The highest BCUT2D eigenvalue weighted by Gasteiger charge is 2.14. The Labute approximate surface area is 129 Å². The van der Waals surface area contributed by atoms with Crippen LogP contribution >= 0.6 is 48.6 Å². The van der Waals surface area contributed by atoms with Gasteiger partial charge in [0, 0.05) is 42.5 Å². The van der Waals surface area contributed by atoms with E-state index in [9.17, 15) is 0 Å². The molecule has 1 saturated heterocycles. The molecule has 0 spiro atoms. The molecule has 1 fully saturated rings. The van der Waals surface area contributed by atoms with Crippen molar-refractivity contribution < 1.29 is 0 Å². The number of pyridine rings is 1. The Morgan fingerprint density at radius 2 is 1.83 bits per heavy atom. The van der Waals surface area contributed by atoms with Gasteiger partial charge >= 0.3 is 0 Å². The first-order valence-electron chi connectivity index (χ1n) is 5.23. The van der Waals surface area contributed by atoms with Gasteiger partial charge in [-0.3, -0.25) is 0 Å². The second-order valence-corrected chi connectivity index (χ2v) is 4.65. The van der Waals surface area contributed by atoms with Crippen molar-refractivity contribution in [2.24, 2.45) is 0 Å². The van der Waals surface area contributed by atoms with Crippen LogP contribution < -0.4 is 10.2 Å². The fourth-order valence-corrected chi connectivity index (χ4v) is 2.78. The number of nitrogens with one attached hydrogen (secondary N) is 1. The molecule has 0 amide bonds. The molecule has 1 N–H and O–H groups in total. The quantitative estimate of drug-likeness (QED) is 0.872. The van der Waals surface area contributed by atoms with Crippen molar-refractivity contribution >= 4 is 64.5 Å². The average molecular weight is 329 g/mol. The molecule has 1 aliphatic heterocycles. The van der Waals surface area contributed by atoms with Gasteiger partial charge in [-0.1, -0.05) is 0 Å². The maximum Gasteiger partial charge on any atom is 0.137 e. The standard InChI is InChI=1S/C11H13N3S.3ClH/c1-3-13-11(9-2-8-15-10(1)9)14-6-4-12-5-7-14;;;/h1-3,8,12H,4-7H2;3*1H. The van der Waals surface area contributed by atoms with E-state index in [1.165, 1.54) is 10.1 Å². The molecule has 3 rings (SSSR count). The predicted octanol–water partition coefficient (Wildman–Crippen LogP) is 2.97. The number of piperazine rings is 1. The smallest absolute Gasteiger partial charge is 0.137 e. The molecule has 2 aromatic rings. The van der Waals surface area contributed by atoms with Crippen LogP contribution in [0.2, 0.25) is 0 Å². The lowest BCUT2D eigenvalue weighted by molar-refractivity contribution is 0.586. The van der Waals surface area contributed by atoms with Gasteiger partial charge < -0.3 is 10.2 Å². The zero-order valence-corrected chi connectivity index (χ0v) is 12.9. The normalized spacial score (nSPS) is 14.3. The molecular weight excluding hydrogens is 313 g/mol. The van der Waals surface area contributed by atoms with Gasteiger partial charge in [-0.15, -0.1) is 48.6 Å². The van der Waals surface area contributed by atoms with Crippen molar-refractivity contribution in [1.82, 2.24) is 10.3 Å². The second-order valence-electron chi connectivity index (χ2n) is 3.70. The average Bonchev–Trinajstić information content (AvgIpc) is 2.78. The third-order valence-electron chi connectivity index (χ3n) is 2.78. The molecule has 3 nitrogen and oxygen atoms in total. The van der Waals surface area contributed by atoms with Gasteiger partial charge in [0.2, 0.25) is 0 Å². The van der Waals surface area contributed by atoms with E-state index in [2.05, 4.69) is 32.7 Å². The van der Waals surface area contributed by atoms with Crippen molar-refractivity contribution in [2.45, 2.75) is 0 Å². The van der Waals surface area contributed by atoms with Gasteiger partial charge in [-0.05, 0) is 17.5 Å². The van der Waals surface area contributed by atoms with Gasteiger partial charge in [0.1, 0.15) is 5.82 Å². The van der Waals surface area contributed by atoms with E-state index in [1.54, 1.807) is 11.3 Å². The van der Waals surface area contributed by atoms with Gasteiger partial charge in [0.05, 0.1) is 0 Å². The third kappa shape index (κ3) is 3.39. The molecule has 0 aromatic carbocycles. The molecule has 102 valence electrons. The molecule has 0 saturated carbocycles. The van der Waals surface area contributed by atoms with E-state index in [-0.39, 0.29) is 37.2 Å². The number of halogens is 3. The van der Waals surface area contributed by atoms with Crippen LogP contribution in [0.25, 0.3) is 10.1 Å². The van der Waals surface area contributed by atoms with Gasteiger partial charge in [0.25, 0.3) is 0 Å². The van der Waals surface area contributed by atoms with E-state index in [4.69, 9.17) is 0 Å². The minimum Gasteiger partial charge on any atom is -0.354 e. The molecule has 18 heavy (non-hydrogen) atoms. The van der Waals surface area contributed by atoms with Crippen LogP contribution in [0.5, 0.6) is 0 Å². The minimum absolute atomic E-state index is 0. The number of hydrogen-bond donors (Lipinski definition) is 1. The first-order chi connectivity index (χ1) is 7.45. The number of anilines is 1. The summed E-state index contributed by atoms with van der Waals surface area (Å²) in [4.78, 5) is 6.87. The molecule has 7 heteroatoms. The zero-order chi connectivity index (χ0) is 10.1. The molecule has 1 aliphatic rings. The molecule has 0 aliphatic carbocycles. The van der Waals surface area contributed by atoms with Crippen molar-refractivity contribution in [3.05, 3.63) is 23.7 Å². The number of nitrogens with zero attached hydrogens (tertiary/aromatic N) is 2. The Morgan fingerprint density at radius 1 is 1.11 bits per heavy atom. The Balaban J connectivity index is 0.000000963. The number of aromatic nitrogens is 1.